The summed E-state index contributed by atoms with van der Waals surface area (Å²) in [5, 5.41) is 7.04. The Morgan fingerprint density at radius 1 is 1.17 bits per heavy atom. The number of anilines is 1. The van der Waals surface area contributed by atoms with E-state index in [1.54, 1.807) is 24.4 Å². The average Bonchev–Trinajstić information content (AvgIpc) is 2.80. The van der Waals surface area contributed by atoms with Crippen LogP contribution < -0.4 is 11.0 Å². The van der Waals surface area contributed by atoms with Gasteiger partial charge in [-0.3, -0.25) is 9.20 Å². The summed E-state index contributed by atoms with van der Waals surface area (Å²) in [5.74, 6) is -0.273. The smallest absolute Gasteiger partial charge is 0.324 e. The van der Waals surface area contributed by atoms with E-state index < -0.39 is 0 Å². The van der Waals surface area contributed by atoms with Crippen LogP contribution in [0.4, 0.5) is 5.69 Å². The van der Waals surface area contributed by atoms with Crippen molar-refractivity contribution in [3.63, 3.8) is 0 Å². The third-order valence-corrected chi connectivity index (χ3v) is 3.72. The fourth-order valence-electron chi connectivity index (χ4n) is 2.76. The Morgan fingerprint density at radius 3 is 2.52 bits per heavy atom. The van der Waals surface area contributed by atoms with Crippen LogP contribution in [-0.4, -0.2) is 20.1 Å². The van der Waals surface area contributed by atoms with Crippen LogP contribution in [0.25, 0.3) is 5.65 Å². The minimum absolute atomic E-state index is 0.118. The average molecular weight is 310 g/mol. The zero-order chi connectivity index (χ0) is 16.6. The molecule has 0 aliphatic rings. The normalized spacial score (nSPS) is 10.9. The van der Waals surface area contributed by atoms with Crippen LogP contribution in [0, 0.1) is 20.8 Å². The first-order valence-corrected chi connectivity index (χ1v) is 7.37. The summed E-state index contributed by atoms with van der Waals surface area (Å²) in [6.45, 7) is 5.80. The van der Waals surface area contributed by atoms with Crippen LogP contribution in [0.5, 0.6) is 0 Å². The van der Waals surface area contributed by atoms with Gasteiger partial charge in [-0.15, -0.1) is 5.10 Å². The first kappa shape index (κ1) is 15.0. The predicted octanol–water partition coefficient (Wildman–Crippen LogP) is 2.06. The standard InChI is InChI=1S/C17H18N4O2/c1-11-8-12(2)16(13(3)9-11)18-15(22)10-21-17(23)20-7-5-4-6-14(20)19-21/h4-9H,10H2,1-3H3,(H,18,22). The van der Waals surface area contributed by atoms with Crippen molar-refractivity contribution in [1.82, 2.24) is 14.2 Å². The van der Waals surface area contributed by atoms with Crippen molar-refractivity contribution in [3.8, 4) is 0 Å². The third kappa shape index (κ3) is 2.88. The molecule has 2 heterocycles. The Kier molecular flexibility index (Phi) is 3.73. The van der Waals surface area contributed by atoms with Crippen molar-refractivity contribution < 1.29 is 4.79 Å². The fourth-order valence-corrected chi connectivity index (χ4v) is 2.76. The third-order valence-electron chi connectivity index (χ3n) is 3.72. The maximum atomic E-state index is 12.3. The van der Waals surface area contributed by atoms with Gasteiger partial charge in [-0.1, -0.05) is 23.8 Å². The molecule has 1 amide bonds. The van der Waals surface area contributed by atoms with Crippen molar-refractivity contribution in [1.29, 1.82) is 0 Å². The second kappa shape index (κ2) is 5.72. The van der Waals surface area contributed by atoms with Gasteiger partial charge in [0.15, 0.2) is 5.65 Å². The van der Waals surface area contributed by atoms with E-state index >= 15 is 0 Å². The molecule has 0 fully saturated rings. The summed E-state index contributed by atoms with van der Waals surface area (Å²) >= 11 is 0. The molecule has 0 spiro atoms. The molecule has 0 unspecified atom stereocenters. The van der Waals surface area contributed by atoms with Crippen molar-refractivity contribution in [2.45, 2.75) is 27.3 Å². The lowest BCUT2D eigenvalue weighted by atomic mass is 10.1. The summed E-state index contributed by atoms with van der Waals surface area (Å²) in [7, 11) is 0. The zero-order valence-corrected chi connectivity index (χ0v) is 13.3. The van der Waals surface area contributed by atoms with Gasteiger partial charge in [-0.25, -0.2) is 9.48 Å². The number of nitrogens with one attached hydrogen (secondary N) is 1. The molecule has 0 aliphatic heterocycles. The summed E-state index contributed by atoms with van der Waals surface area (Å²) in [5.41, 5.74) is 4.13. The summed E-state index contributed by atoms with van der Waals surface area (Å²) < 4.78 is 2.58. The lowest BCUT2D eigenvalue weighted by Crippen LogP contribution is -2.28. The highest BCUT2D eigenvalue weighted by Crippen LogP contribution is 2.21. The summed E-state index contributed by atoms with van der Waals surface area (Å²) in [4.78, 5) is 24.5. The highest BCUT2D eigenvalue weighted by Gasteiger charge is 2.12. The highest BCUT2D eigenvalue weighted by molar-refractivity contribution is 5.92. The molecule has 0 aliphatic carbocycles. The van der Waals surface area contributed by atoms with E-state index in [-0.39, 0.29) is 18.1 Å². The van der Waals surface area contributed by atoms with Gasteiger partial charge in [0, 0.05) is 11.9 Å². The molecule has 1 aromatic carbocycles. The SMILES string of the molecule is Cc1cc(C)c(NC(=O)Cn2nc3ccccn3c2=O)c(C)c1. The number of hydrogen-bond acceptors (Lipinski definition) is 3. The molecule has 6 nitrogen and oxygen atoms in total. The number of aromatic nitrogens is 3. The molecule has 6 heteroatoms. The Morgan fingerprint density at radius 2 is 1.87 bits per heavy atom. The van der Waals surface area contributed by atoms with Gasteiger partial charge in [-0.05, 0) is 44.0 Å². The van der Waals surface area contributed by atoms with Gasteiger partial charge in [0.1, 0.15) is 6.54 Å². The second-order valence-corrected chi connectivity index (χ2v) is 5.69. The molecule has 3 aromatic rings. The van der Waals surface area contributed by atoms with E-state index in [9.17, 15) is 9.59 Å². The molecule has 0 atom stereocenters. The Labute approximate surface area is 133 Å². The minimum Gasteiger partial charge on any atom is -0.324 e. The molecular weight excluding hydrogens is 292 g/mol. The van der Waals surface area contributed by atoms with Crippen LogP contribution in [0.1, 0.15) is 16.7 Å². The number of nitrogens with zero attached hydrogens (tertiary/aromatic N) is 3. The van der Waals surface area contributed by atoms with E-state index in [4.69, 9.17) is 0 Å². The molecule has 23 heavy (non-hydrogen) atoms. The molecule has 0 radical (unpaired) electrons. The van der Waals surface area contributed by atoms with E-state index in [1.165, 1.54) is 9.08 Å². The van der Waals surface area contributed by atoms with Crippen LogP contribution >= 0.6 is 0 Å². The van der Waals surface area contributed by atoms with Gasteiger partial charge in [0.05, 0.1) is 0 Å². The lowest BCUT2D eigenvalue weighted by molar-refractivity contribution is -0.117. The van der Waals surface area contributed by atoms with Gasteiger partial charge in [-0.2, -0.15) is 0 Å². The number of aryl methyl sites for hydroxylation is 3. The van der Waals surface area contributed by atoms with Crippen LogP contribution in [0.3, 0.4) is 0 Å². The van der Waals surface area contributed by atoms with Crippen LogP contribution in [0.2, 0.25) is 0 Å². The highest BCUT2D eigenvalue weighted by atomic mass is 16.2. The quantitative estimate of drug-likeness (QED) is 0.805. The molecule has 0 saturated heterocycles. The molecule has 3 rings (SSSR count). The summed E-state index contributed by atoms with van der Waals surface area (Å²) in [6.07, 6.45) is 1.63. The number of fused-ring (bicyclic) bond motifs is 1. The number of benzene rings is 1. The minimum atomic E-state index is -0.326. The van der Waals surface area contributed by atoms with Crippen LogP contribution in [-0.2, 0) is 11.3 Å². The molecule has 118 valence electrons. The van der Waals surface area contributed by atoms with E-state index in [0.717, 1.165) is 22.4 Å². The molecule has 0 bridgehead atoms. The number of carbonyl (C=O) groups excluding carboxylic acids is 1. The molecule has 0 saturated carbocycles. The van der Waals surface area contributed by atoms with E-state index in [1.807, 2.05) is 32.9 Å². The van der Waals surface area contributed by atoms with E-state index in [2.05, 4.69) is 10.4 Å². The van der Waals surface area contributed by atoms with Gasteiger partial charge < -0.3 is 5.32 Å². The number of amides is 1. The predicted molar refractivity (Wildman–Crippen MR) is 88.7 cm³/mol. The number of pyridine rings is 1. The molecular formula is C17H18N4O2. The molecule has 1 N–H and O–H groups in total. The van der Waals surface area contributed by atoms with Crippen molar-refractivity contribution in [3.05, 3.63) is 63.7 Å². The number of hydrogen-bond donors (Lipinski definition) is 1. The molecule has 2 aromatic heterocycles. The van der Waals surface area contributed by atoms with E-state index in [0.29, 0.717) is 5.65 Å². The maximum Gasteiger partial charge on any atom is 0.350 e. The lowest BCUT2D eigenvalue weighted by Gasteiger charge is -2.12. The van der Waals surface area contributed by atoms with Crippen molar-refractivity contribution in [2.75, 3.05) is 5.32 Å². The topological polar surface area (TPSA) is 68.4 Å². The Hall–Kier alpha value is -2.89. The first-order valence-electron chi connectivity index (χ1n) is 7.37. The van der Waals surface area contributed by atoms with Gasteiger partial charge >= 0.3 is 5.69 Å². The maximum absolute atomic E-state index is 12.3. The first-order chi connectivity index (χ1) is 11.0. The number of carbonyl (C=O) groups is 1. The van der Waals surface area contributed by atoms with Gasteiger partial charge in [0.2, 0.25) is 5.91 Å². The zero-order valence-electron chi connectivity index (χ0n) is 13.3. The van der Waals surface area contributed by atoms with Crippen molar-refractivity contribution >= 4 is 17.2 Å². The Balaban J connectivity index is 1.85. The monoisotopic (exact) mass is 310 g/mol. The largest absolute Gasteiger partial charge is 0.350 e. The van der Waals surface area contributed by atoms with Crippen LogP contribution in [0.15, 0.2) is 41.3 Å². The second-order valence-electron chi connectivity index (χ2n) is 5.69. The fraction of sp³-hybridized carbons (Fsp3) is 0.235. The number of rotatable bonds is 3. The van der Waals surface area contributed by atoms with Crippen molar-refractivity contribution in [2.24, 2.45) is 0 Å². The summed E-state index contributed by atoms with van der Waals surface area (Å²) in [6, 6.07) is 9.30. The Bertz CT molecular complexity index is 930. The van der Waals surface area contributed by atoms with Gasteiger partial charge in [0.25, 0.3) is 0 Å².